The molecule has 3 N–H and O–H groups in total. The molecule has 19 heavy (non-hydrogen) atoms. The predicted molar refractivity (Wildman–Crippen MR) is 74.6 cm³/mol. The minimum Gasteiger partial charge on any atom is -0.494 e. The van der Waals surface area contributed by atoms with Crippen LogP contribution in [0.15, 0.2) is 42.5 Å². The van der Waals surface area contributed by atoms with E-state index in [0.29, 0.717) is 13.1 Å². The topological polar surface area (TPSA) is 47.3 Å². The van der Waals surface area contributed by atoms with Crippen molar-refractivity contribution in [3.63, 3.8) is 0 Å². The van der Waals surface area contributed by atoms with Gasteiger partial charge in [0.1, 0.15) is 0 Å². The van der Waals surface area contributed by atoms with E-state index in [4.69, 9.17) is 10.5 Å². The fraction of sp³-hybridized carbons (Fsp3) is 0.200. The number of anilines is 1. The highest BCUT2D eigenvalue weighted by Gasteiger charge is 2.03. The van der Waals surface area contributed by atoms with Crippen molar-refractivity contribution < 1.29 is 9.13 Å². The Balaban J connectivity index is 2.03. The molecule has 0 fully saturated rings. The van der Waals surface area contributed by atoms with Gasteiger partial charge in [0, 0.05) is 24.8 Å². The summed E-state index contributed by atoms with van der Waals surface area (Å²) in [6.07, 6.45) is 0. The Morgan fingerprint density at radius 1 is 1.16 bits per heavy atom. The number of methoxy groups -OCH3 is 1. The molecule has 0 aliphatic heterocycles. The van der Waals surface area contributed by atoms with Crippen LogP contribution in [0.4, 0.5) is 10.1 Å². The molecule has 2 aromatic rings. The Labute approximate surface area is 112 Å². The molecule has 0 saturated carbocycles. The van der Waals surface area contributed by atoms with Gasteiger partial charge in [-0.3, -0.25) is 0 Å². The minimum atomic E-state index is -0.372. The van der Waals surface area contributed by atoms with Crippen molar-refractivity contribution in [2.75, 3.05) is 12.4 Å². The zero-order valence-electron chi connectivity index (χ0n) is 10.8. The molecule has 4 heteroatoms. The number of hydrogen-bond acceptors (Lipinski definition) is 3. The third-order valence-electron chi connectivity index (χ3n) is 2.88. The van der Waals surface area contributed by atoms with Crippen molar-refractivity contribution in [3.8, 4) is 5.75 Å². The van der Waals surface area contributed by atoms with E-state index in [1.807, 2.05) is 24.3 Å². The van der Waals surface area contributed by atoms with E-state index >= 15 is 0 Å². The van der Waals surface area contributed by atoms with E-state index in [9.17, 15) is 4.39 Å². The summed E-state index contributed by atoms with van der Waals surface area (Å²) < 4.78 is 18.4. The Morgan fingerprint density at radius 2 is 1.95 bits per heavy atom. The van der Waals surface area contributed by atoms with Crippen molar-refractivity contribution in [2.45, 2.75) is 13.1 Å². The maximum absolute atomic E-state index is 13.5. The van der Waals surface area contributed by atoms with Gasteiger partial charge >= 0.3 is 0 Å². The van der Waals surface area contributed by atoms with Gasteiger partial charge in [-0.15, -0.1) is 0 Å². The summed E-state index contributed by atoms with van der Waals surface area (Å²) in [5.41, 5.74) is 8.51. The van der Waals surface area contributed by atoms with E-state index in [1.54, 1.807) is 12.1 Å². The van der Waals surface area contributed by atoms with Crippen LogP contribution in [-0.4, -0.2) is 7.11 Å². The first kappa shape index (κ1) is 13.4. The number of nitrogens with two attached hydrogens (primary N) is 1. The van der Waals surface area contributed by atoms with Crippen LogP contribution in [0.1, 0.15) is 11.1 Å². The number of benzene rings is 2. The van der Waals surface area contributed by atoms with E-state index < -0.39 is 0 Å². The van der Waals surface area contributed by atoms with Crippen LogP contribution >= 0.6 is 0 Å². The molecule has 0 aliphatic rings. The van der Waals surface area contributed by atoms with Crippen molar-refractivity contribution >= 4 is 5.69 Å². The van der Waals surface area contributed by atoms with Gasteiger partial charge in [0.05, 0.1) is 7.11 Å². The Bertz CT molecular complexity index is 558. The average molecular weight is 260 g/mol. The summed E-state index contributed by atoms with van der Waals surface area (Å²) in [7, 11) is 1.45. The van der Waals surface area contributed by atoms with Crippen LogP contribution < -0.4 is 15.8 Å². The number of nitrogens with one attached hydrogen (secondary N) is 1. The molecule has 0 aromatic heterocycles. The second-order valence-corrected chi connectivity index (χ2v) is 4.23. The minimum absolute atomic E-state index is 0.246. The molecular weight excluding hydrogens is 243 g/mol. The number of hydrogen-bond donors (Lipinski definition) is 2. The van der Waals surface area contributed by atoms with Gasteiger partial charge < -0.3 is 15.8 Å². The second-order valence-electron chi connectivity index (χ2n) is 4.23. The van der Waals surface area contributed by atoms with Gasteiger partial charge in [0.15, 0.2) is 11.6 Å². The van der Waals surface area contributed by atoms with Crippen LogP contribution in [0.3, 0.4) is 0 Å². The fourth-order valence-electron chi connectivity index (χ4n) is 1.85. The van der Waals surface area contributed by atoms with Gasteiger partial charge in [0.25, 0.3) is 0 Å². The number of halogens is 1. The van der Waals surface area contributed by atoms with Crippen molar-refractivity contribution in [1.29, 1.82) is 0 Å². The fourth-order valence-corrected chi connectivity index (χ4v) is 1.85. The van der Waals surface area contributed by atoms with Gasteiger partial charge in [-0.2, -0.15) is 0 Å². The molecule has 2 aromatic carbocycles. The third kappa shape index (κ3) is 3.45. The summed E-state index contributed by atoms with van der Waals surface area (Å²) >= 11 is 0. The monoisotopic (exact) mass is 260 g/mol. The van der Waals surface area contributed by atoms with Gasteiger partial charge in [0.2, 0.25) is 0 Å². The molecule has 0 bridgehead atoms. The Hall–Kier alpha value is -2.07. The van der Waals surface area contributed by atoms with Crippen LogP contribution in [-0.2, 0) is 13.1 Å². The maximum Gasteiger partial charge on any atom is 0.167 e. The maximum atomic E-state index is 13.5. The molecule has 0 radical (unpaired) electrons. The number of ether oxygens (including phenoxy) is 1. The van der Waals surface area contributed by atoms with E-state index in [0.717, 1.165) is 16.8 Å². The molecular formula is C15H17FN2O. The predicted octanol–water partition coefficient (Wildman–Crippen LogP) is 2.91. The van der Waals surface area contributed by atoms with E-state index in [2.05, 4.69) is 5.32 Å². The molecule has 0 unspecified atom stereocenters. The lowest BCUT2D eigenvalue weighted by Gasteiger charge is -2.09. The quantitative estimate of drug-likeness (QED) is 0.869. The zero-order valence-corrected chi connectivity index (χ0v) is 10.8. The highest BCUT2D eigenvalue weighted by atomic mass is 19.1. The van der Waals surface area contributed by atoms with Gasteiger partial charge in [-0.25, -0.2) is 4.39 Å². The summed E-state index contributed by atoms with van der Waals surface area (Å²) in [6.45, 7) is 1.14. The molecule has 0 spiro atoms. The highest BCUT2D eigenvalue weighted by molar-refractivity contribution is 5.47. The molecule has 0 saturated heterocycles. The first-order valence-electron chi connectivity index (χ1n) is 6.08. The summed E-state index contributed by atoms with van der Waals surface area (Å²) in [6, 6.07) is 12.8. The summed E-state index contributed by atoms with van der Waals surface area (Å²) in [5, 5.41) is 3.17. The van der Waals surface area contributed by atoms with E-state index in [-0.39, 0.29) is 11.6 Å². The SMILES string of the molecule is COc1ccc(NCc2cccc(CN)c2)cc1F. The van der Waals surface area contributed by atoms with E-state index in [1.165, 1.54) is 13.2 Å². The smallest absolute Gasteiger partial charge is 0.167 e. The molecule has 0 atom stereocenters. The normalized spacial score (nSPS) is 10.3. The molecule has 0 aliphatic carbocycles. The first-order valence-corrected chi connectivity index (χ1v) is 6.08. The van der Waals surface area contributed by atoms with Crippen molar-refractivity contribution in [3.05, 3.63) is 59.4 Å². The van der Waals surface area contributed by atoms with Crippen LogP contribution in [0.2, 0.25) is 0 Å². The second kappa shape index (κ2) is 6.20. The Kier molecular flexibility index (Phi) is 4.36. The largest absolute Gasteiger partial charge is 0.494 e. The highest BCUT2D eigenvalue weighted by Crippen LogP contribution is 2.21. The van der Waals surface area contributed by atoms with Gasteiger partial charge in [-0.1, -0.05) is 24.3 Å². The van der Waals surface area contributed by atoms with Crippen LogP contribution in [0, 0.1) is 5.82 Å². The zero-order chi connectivity index (χ0) is 13.7. The molecule has 0 amide bonds. The van der Waals surface area contributed by atoms with Crippen molar-refractivity contribution in [1.82, 2.24) is 0 Å². The van der Waals surface area contributed by atoms with Crippen molar-refractivity contribution in [2.24, 2.45) is 5.73 Å². The van der Waals surface area contributed by atoms with Gasteiger partial charge in [-0.05, 0) is 23.3 Å². The summed E-state index contributed by atoms with van der Waals surface area (Å²) in [5.74, 6) is -0.126. The molecule has 0 heterocycles. The molecule has 2 rings (SSSR count). The van der Waals surface area contributed by atoms with Crippen LogP contribution in [0.25, 0.3) is 0 Å². The number of rotatable bonds is 5. The average Bonchev–Trinajstić information content (AvgIpc) is 2.45. The first-order chi connectivity index (χ1) is 9.22. The Morgan fingerprint density at radius 3 is 2.63 bits per heavy atom. The molecule has 3 nitrogen and oxygen atoms in total. The lowest BCUT2D eigenvalue weighted by Crippen LogP contribution is -2.02. The third-order valence-corrected chi connectivity index (χ3v) is 2.88. The van der Waals surface area contributed by atoms with Crippen LogP contribution in [0.5, 0.6) is 5.75 Å². The molecule has 100 valence electrons. The standard InChI is InChI=1S/C15H17FN2O/c1-19-15-6-5-13(8-14(15)16)18-10-12-4-2-3-11(7-12)9-17/h2-8,18H,9-10,17H2,1H3. The lowest BCUT2D eigenvalue weighted by molar-refractivity contribution is 0.386. The lowest BCUT2D eigenvalue weighted by atomic mass is 10.1. The summed E-state index contributed by atoms with van der Waals surface area (Å²) in [4.78, 5) is 0.